The minimum Gasteiger partial charge on any atom is -0.445 e. The molecule has 126 valence electrons. The maximum absolute atomic E-state index is 15.1. The number of halogens is 2. The Hall–Kier alpha value is -1.88. The van der Waals surface area contributed by atoms with E-state index in [1.807, 2.05) is 42.5 Å². The van der Waals surface area contributed by atoms with Gasteiger partial charge in [-0.05, 0) is 23.3 Å². The summed E-state index contributed by atoms with van der Waals surface area (Å²) in [6.45, 7) is 0.962. The summed E-state index contributed by atoms with van der Waals surface area (Å²) in [5.41, 5.74) is 0.234. The number of carbonyl (C=O) groups is 1. The van der Waals surface area contributed by atoms with Crippen LogP contribution >= 0.6 is 15.9 Å². The van der Waals surface area contributed by atoms with E-state index in [4.69, 9.17) is 4.74 Å². The fourth-order valence-corrected chi connectivity index (χ4v) is 3.16. The van der Waals surface area contributed by atoms with Crippen molar-refractivity contribution in [1.82, 2.24) is 4.90 Å². The van der Waals surface area contributed by atoms with Crippen LogP contribution in [-0.2, 0) is 17.0 Å². The molecule has 1 aliphatic heterocycles. The average molecular weight is 392 g/mol. The fourth-order valence-electron chi connectivity index (χ4n) is 2.89. The van der Waals surface area contributed by atoms with Crippen LogP contribution in [0.4, 0.5) is 9.18 Å². The monoisotopic (exact) mass is 391 g/mol. The zero-order valence-corrected chi connectivity index (χ0v) is 14.8. The van der Waals surface area contributed by atoms with Gasteiger partial charge in [-0.3, -0.25) is 0 Å². The molecule has 0 N–H and O–H groups in total. The van der Waals surface area contributed by atoms with Crippen LogP contribution in [0.25, 0.3) is 0 Å². The number of alkyl halides is 1. The molecule has 1 aliphatic rings. The molecule has 2 aromatic carbocycles. The molecule has 0 aromatic heterocycles. The van der Waals surface area contributed by atoms with Gasteiger partial charge in [0.25, 0.3) is 0 Å². The SMILES string of the molecule is O=C(OCc1ccccc1)N1CCC(F)(c2ccc(Br)cc2)CC1. The Morgan fingerprint density at radius 2 is 1.71 bits per heavy atom. The second kappa shape index (κ2) is 7.34. The molecule has 0 spiro atoms. The number of hydrogen-bond donors (Lipinski definition) is 0. The molecule has 24 heavy (non-hydrogen) atoms. The largest absolute Gasteiger partial charge is 0.445 e. The molecular weight excluding hydrogens is 373 g/mol. The first-order chi connectivity index (χ1) is 11.6. The third-order valence-electron chi connectivity index (χ3n) is 4.38. The van der Waals surface area contributed by atoms with Gasteiger partial charge in [-0.2, -0.15) is 0 Å². The van der Waals surface area contributed by atoms with E-state index in [0.717, 1.165) is 10.0 Å². The third kappa shape index (κ3) is 3.96. The van der Waals surface area contributed by atoms with Crippen LogP contribution in [0.3, 0.4) is 0 Å². The quantitative estimate of drug-likeness (QED) is 0.732. The Labute approximate surface area is 149 Å². The molecule has 3 rings (SSSR count). The number of nitrogens with zero attached hydrogens (tertiary/aromatic N) is 1. The van der Waals surface area contributed by atoms with E-state index in [1.54, 1.807) is 17.0 Å². The summed E-state index contributed by atoms with van der Waals surface area (Å²) in [4.78, 5) is 13.7. The molecule has 3 nitrogen and oxygen atoms in total. The maximum Gasteiger partial charge on any atom is 0.410 e. The molecule has 1 heterocycles. The zero-order chi connectivity index (χ0) is 17.0. The molecule has 1 saturated heterocycles. The molecule has 0 radical (unpaired) electrons. The normalized spacial score (nSPS) is 16.7. The first kappa shape index (κ1) is 17.0. The topological polar surface area (TPSA) is 29.5 Å². The number of benzene rings is 2. The highest BCUT2D eigenvalue weighted by Crippen LogP contribution is 2.37. The first-order valence-corrected chi connectivity index (χ1v) is 8.77. The van der Waals surface area contributed by atoms with Crippen LogP contribution in [0.15, 0.2) is 59.1 Å². The van der Waals surface area contributed by atoms with Gasteiger partial charge >= 0.3 is 6.09 Å². The van der Waals surface area contributed by atoms with Gasteiger partial charge in [0.15, 0.2) is 0 Å². The molecule has 0 bridgehead atoms. The summed E-state index contributed by atoms with van der Waals surface area (Å²) in [7, 11) is 0. The lowest BCUT2D eigenvalue weighted by atomic mass is 9.86. The van der Waals surface area contributed by atoms with Crippen molar-refractivity contribution in [3.8, 4) is 0 Å². The van der Waals surface area contributed by atoms with Crippen LogP contribution in [-0.4, -0.2) is 24.1 Å². The predicted octanol–water partition coefficient (Wildman–Crippen LogP) is 5.05. The zero-order valence-electron chi connectivity index (χ0n) is 13.3. The number of hydrogen-bond acceptors (Lipinski definition) is 2. The molecule has 1 amide bonds. The fraction of sp³-hybridized carbons (Fsp3) is 0.316. The Bertz CT molecular complexity index is 682. The van der Waals surface area contributed by atoms with Gasteiger partial charge in [0, 0.05) is 30.4 Å². The maximum atomic E-state index is 15.1. The summed E-state index contributed by atoms with van der Waals surface area (Å²) in [6, 6.07) is 16.8. The third-order valence-corrected chi connectivity index (χ3v) is 4.91. The van der Waals surface area contributed by atoms with Gasteiger partial charge in [0.2, 0.25) is 0 Å². The highest BCUT2D eigenvalue weighted by molar-refractivity contribution is 9.10. The molecule has 0 saturated carbocycles. The molecule has 0 atom stereocenters. The standard InChI is InChI=1S/C19H19BrFNO2/c20-17-8-6-16(7-9-17)19(21)10-12-22(13-11-19)18(23)24-14-15-4-2-1-3-5-15/h1-9H,10-14H2. The van der Waals surface area contributed by atoms with Crippen LogP contribution in [0.1, 0.15) is 24.0 Å². The molecule has 5 heteroatoms. The number of ether oxygens (including phenoxy) is 1. The highest BCUT2D eigenvalue weighted by atomic mass is 79.9. The number of amides is 1. The van der Waals surface area contributed by atoms with Crippen molar-refractivity contribution >= 4 is 22.0 Å². The number of carbonyl (C=O) groups excluding carboxylic acids is 1. The summed E-state index contributed by atoms with van der Waals surface area (Å²) >= 11 is 3.36. The van der Waals surface area contributed by atoms with Crippen molar-refractivity contribution in [1.29, 1.82) is 0 Å². The lowest BCUT2D eigenvalue weighted by molar-refractivity contribution is 0.0392. The lowest BCUT2D eigenvalue weighted by Crippen LogP contribution is -2.43. The van der Waals surface area contributed by atoms with Crippen molar-refractivity contribution < 1.29 is 13.9 Å². The van der Waals surface area contributed by atoms with Crippen molar-refractivity contribution in [3.05, 3.63) is 70.2 Å². The van der Waals surface area contributed by atoms with E-state index in [1.165, 1.54) is 0 Å². The minimum atomic E-state index is -1.38. The first-order valence-electron chi connectivity index (χ1n) is 7.97. The Morgan fingerprint density at radius 1 is 1.08 bits per heavy atom. The van der Waals surface area contributed by atoms with Gasteiger partial charge in [0.05, 0.1) is 0 Å². The average Bonchev–Trinajstić information content (AvgIpc) is 2.61. The number of likely N-dealkylation sites (tertiary alicyclic amines) is 1. The van der Waals surface area contributed by atoms with Gasteiger partial charge in [-0.25, -0.2) is 9.18 Å². The highest BCUT2D eigenvalue weighted by Gasteiger charge is 2.37. The van der Waals surface area contributed by atoms with Gasteiger partial charge in [-0.1, -0.05) is 58.4 Å². The van der Waals surface area contributed by atoms with Crippen molar-refractivity contribution in [3.63, 3.8) is 0 Å². The second-order valence-corrected chi connectivity index (χ2v) is 6.92. The van der Waals surface area contributed by atoms with E-state index >= 15 is 4.39 Å². The van der Waals surface area contributed by atoms with Crippen LogP contribution in [0.2, 0.25) is 0 Å². The summed E-state index contributed by atoms with van der Waals surface area (Å²) in [6.07, 6.45) is 0.196. The summed E-state index contributed by atoms with van der Waals surface area (Å²) < 4.78 is 21.4. The van der Waals surface area contributed by atoms with Crippen LogP contribution in [0, 0.1) is 0 Å². The van der Waals surface area contributed by atoms with Crippen LogP contribution < -0.4 is 0 Å². The Morgan fingerprint density at radius 3 is 2.33 bits per heavy atom. The van der Waals surface area contributed by atoms with Crippen LogP contribution in [0.5, 0.6) is 0 Å². The summed E-state index contributed by atoms with van der Waals surface area (Å²) in [5, 5.41) is 0. The number of rotatable bonds is 3. The number of piperidine rings is 1. The summed E-state index contributed by atoms with van der Waals surface area (Å²) in [5.74, 6) is 0. The predicted molar refractivity (Wildman–Crippen MR) is 94.4 cm³/mol. The van der Waals surface area contributed by atoms with Crippen molar-refractivity contribution in [2.75, 3.05) is 13.1 Å². The lowest BCUT2D eigenvalue weighted by Gasteiger charge is -2.36. The van der Waals surface area contributed by atoms with Gasteiger partial charge < -0.3 is 9.64 Å². The Balaban J connectivity index is 1.54. The van der Waals surface area contributed by atoms with E-state index in [-0.39, 0.29) is 25.5 Å². The van der Waals surface area contributed by atoms with Crippen molar-refractivity contribution in [2.45, 2.75) is 25.1 Å². The minimum absolute atomic E-state index is 0.240. The van der Waals surface area contributed by atoms with E-state index in [0.29, 0.717) is 18.7 Å². The molecule has 2 aromatic rings. The molecule has 0 aliphatic carbocycles. The molecule has 0 unspecified atom stereocenters. The van der Waals surface area contributed by atoms with E-state index < -0.39 is 5.67 Å². The molecule has 1 fully saturated rings. The van der Waals surface area contributed by atoms with Gasteiger partial charge in [0.1, 0.15) is 12.3 Å². The van der Waals surface area contributed by atoms with E-state index in [9.17, 15) is 4.79 Å². The van der Waals surface area contributed by atoms with Gasteiger partial charge in [-0.15, -0.1) is 0 Å². The smallest absolute Gasteiger partial charge is 0.410 e. The second-order valence-electron chi connectivity index (χ2n) is 6.00. The molecular formula is C19H19BrFNO2. The van der Waals surface area contributed by atoms with E-state index in [2.05, 4.69) is 15.9 Å². The Kier molecular flexibility index (Phi) is 5.19. The van der Waals surface area contributed by atoms with Crippen molar-refractivity contribution in [2.24, 2.45) is 0 Å².